The molecule has 1 aliphatic rings. The molecular formula is C15H22ClNO. The molecule has 1 aromatic carbocycles. The lowest BCUT2D eigenvalue weighted by molar-refractivity contribution is 0.0300. The Bertz CT molecular complexity index is 363. The Labute approximate surface area is 115 Å². The molecule has 0 amide bonds. The molecule has 1 heterocycles. The van der Waals surface area contributed by atoms with E-state index in [-0.39, 0.29) is 0 Å². The van der Waals surface area contributed by atoms with Gasteiger partial charge in [-0.2, -0.15) is 0 Å². The van der Waals surface area contributed by atoms with Crippen molar-refractivity contribution in [2.75, 3.05) is 13.2 Å². The molecule has 1 fully saturated rings. The van der Waals surface area contributed by atoms with E-state index in [0.29, 0.717) is 18.0 Å². The lowest BCUT2D eigenvalue weighted by Crippen LogP contribution is -2.46. The molecule has 3 heteroatoms. The van der Waals surface area contributed by atoms with Crippen molar-refractivity contribution in [3.63, 3.8) is 0 Å². The van der Waals surface area contributed by atoms with Crippen molar-refractivity contribution < 1.29 is 4.74 Å². The molecule has 0 spiro atoms. The number of benzene rings is 1. The van der Waals surface area contributed by atoms with Crippen LogP contribution in [0.15, 0.2) is 24.3 Å². The summed E-state index contributed by atoms with van der Waals surface area (Å²) < 4.78 is 5.62. The fourth-order valence-electron chi connectivity index (χ4n) is 2.57. The SMILES string of the molecule is CC(C)NC1CCOCC1Cc1ccc(Cl)cc1. The van der Waals surface area contributed by atoms with Gasteiger partial charge in [0, 0.05) is 29.6 Å². The van der Waals surface area contributed by atoms with Gasteiger partial charge in [-0.25, -0.2) is 0 Å². The number of ether oxygens (including phenoxy) is 1. The van der Waals surface area contributed by atoms with Gasteiger partial charge >= 0.3 is 0 Å². The van der Waals surface area contributed by atoms with Crippen LogP contribution in [0.1, 0.15) is 25.8 Å². The first-order valence-corrected chi connectivity index (χ1v) is 7.11. The standard InChI is InChI=1S/C15H22ClNO/c1-11(2)17-15-7-8-18-10-13(15)9-12-3-5-14(16)6-4-12/h3-6,11,13,15,17H,7-10H2,1-2H3. The van der Waals surface area contributed by atoms with Crippen LogP contribution in [0.3, 0.4) is 0 Å². The minimum absolute atomic E-state index is 0.529. The summed E-state index contributed by atoms with van der Waals surface area (Å²) in [4.78, 5) is 0. The zero-order chi connectivity index (χ0) is 13.0. The average molecular weight is 268 g/mol. The highest BCUT2D eigenvalue weighted by Crippen LogP contribution is 2.21. The Kier molecular flexibility index (Phi) is 5.04. The van der Waals surface area contributed by atoms with Gasteiger partial charge in [0.1, 0.15) is 0 Å². The molecule has 0 radical (unpaired) electrons. The minimum atomic E-state index is 0.529. The molecule has 2 atom stereocenters. The van der Waals surface area contributed by atoms with Gasteiger partial charge in [-0.3, -0.25) is 0 Å². The van der Waals surface area contributed by atoms with Crippen LogP contribution in [0.4, 0.5) is 0 Å². The second kappa shape index (κ2) is 6.55. The minimum Gasteiger partial charge on any atom is -0.381 e. The van der Waals surface area contributed by atoms with E-state index in [1.807, 2.05) is 12.1 Å². The third-order valence-corrected chi connectivity index (χ3v) is 3.68. The first kappa shape index (κ1) is 13.9. The molecule has 2 rings (SSSR count). The van der Waals surface area contributed by atoms with Crippen LogP contribution in [0.5, 0.6) is 0 Å². The van der Waals surface area contributed by atoms with Crippen molar-refractivity contribution in [1.29, 1.82) is 0 Å². The fraction of sp³-hybridized carbons (Fsp3) is 0.600. The van der Waals surface area contributed by atoms with Crippen molar-refractivity contribution in [3.8, 4) is 0 Å². The number of hydrogen-bond donors (Lipinski definition) is 1. The first-order chi connectivity index (χ1) is 8.65. The van der Waals surface area contributed by atoms with E-state index in [9.17, 15) is 0 Å². The predicted molar refractivity (Wildman–Crippen MR) is 76.1 cm³/mol. The zero-order valence-corrected chi connectivity index (χ0v) is 11.9. The van der Waals surface area contributed by atoms with E-state index in [1.165, 1.54) is 5.56 Å². The van der Waals surface area contributed by atoms with E-state index in [0.717, 1.165) is 31.1 Å². The number of halogens is 1. The molecule has 1 N–H and O–H groups in total. The highest BCUT2D eigenvalue weighted by Gasteiger charge is 2.26. The second-order valence-corrected chi connectivity index (χ2v) is 5.82. The van der Waals surface area contributed by atoms with Gasteiger partial charge in [0.05, 0.1) is 6.61 Å². The summed E-state index contributed by atoms with van der Waals surface area (Å²) >= 11 is 5.91. The molecule has 18 heavy (non-hydrogen) atoms. The second-order valence-electron chi connectivity index (χ2n) is 5.38. The van der Waals surface area contributed by atoms with Crippen molar-refractivity contribution in [2.24, 2.45) is 5.92 Å². The summed E-state index contributed by atoms with van der Waals surface area (Å²) in [6.45, 7) is 6.14. The molecule has 1 saturated heterocycles. The lowest BCUT2D eigenvalue weighted by atomic mass is 9.89. The average Bonchev–Trinajstić information content (AvgIpc) is 2.34. The maximum absolute atomic E-state index is 5.91. The summed E-state index contributed by atoms with van der Waals surface area (Å²) in [6.07, 6.45) is 2.16. The van der Waals surface area contributed by atoms with E-state index < -0.39 is 0 Å². The summed E-state index contributed by atoms with van der Waals surface area (Å²) in [7, 11) is 0. The molecule has 0 saturated carbocycles. The largest absolute Gasteiger partial charge is 0.381 e. The third-order valence-electron chi connectivity index (χ3n) is 3.43. The normalized spacial score (nSPS) is 24.4. The maximum atomic E-state index is 5.91. The van der Waals surface area contributed by atoms with Crippen LogP contribution in [-0.4, -0.2) is 25.3 Å². The van der Waals surface area contributed by atoms with Crippen LogP contribution in [0.25, 0.3) is 0 Å². The van der Waals surface area contributed by atoms with E-state index in [4.69, 9.17) is 16.3 Å². The van der Waals surface area contributed by atoms with Crippen LogP contribution in [0.2, 0.25) is 5.02 Å². The van der Waals surface area contributed by atoms with Crippen molar-refractivity contribution in [3.05, 3.63) is 34.9 Å². The van der Waals surface area contributed by atoms with Crippen LogP contribution in [0, 0.1) is 5.92 Å². The molecule has 2 unspecified atom stereocenters. The maximum Gasteiger partial charge on any atom is 0.0512 e. The van der Waals surface area contributed by atoms with Gasteiger partial charge in [0.2, 0.25) is 0 Å². The van der Waals surface area contributed by atoms with Crippen molar-refractivity contribution in [1.82, 2.24) is 5.32 Å². The monoisotopic (exact) mass is 267 g/mol. The molecular weight excluding hydrogens is 246 g/mol. The summed E-state index contributed by atoms with van der Waals surface area (Å²) in [6, 6.07) is 9.25. The number of rotatable bonds is 4. The lowest BCUT2D eigenvalue weighted by Gasteiger charge is -2.33. The van der Waals surface area contributed by atoms with Gasteiger partial charge in [-0.1, -0.05) is 37.6 Å². The van der Waals surface area contributed by atoms with E-state index in [2.05, 4.69) is 31.3 Å². The van der Waals surface area contributed by atoms with Crippen molar-refractivity contribution >= 4 is 11.6 Å². The van der Waals surface area contributed by atoms with Gasteiger partial charge < -0.3 is 10.1 Å². The van der Waals surface area contributed by atoms with Crippen LogP contribution >= 0.6 is 11.6 Å². The van der Waals surface area contributed by atoms with Gasteiger partial charge in [0.25, 0.3) is 0 Å². The highest BCUT2D eigenvalue weighted by atomic mass is 35.5. The topological polar surface area (TPSA) is 21.3 Å². The van der Waals surface area contributed by atoms with E-state index >= 15 is 0 Å². The Hall–Kier alpha value is -0.570. The van der Waals surface area contributed by atoms with E-state index in [1.54, 1.807) is 0 Å². The quantitative estimate of drug-likeness (QED) is 0.904. The number of nitrogens with one attached hydrogen (secondary N) is 1. The Morgan fingerprint density at radius 2 is 2.06 bits per heavy atom. The molecule has 2 nitrogen and oxygen atoms in total. The highest BCUT2D eigenvalue weighted by molar-refractivity contribution is 6.30. The first-order valence-electron chi connectivity index (χ1n) is 6.73. The van der Waals surface area contributed by atoms with Crippen LogP contribution in [-0.2, 0) is 11.2 Å². The molecule has 1 aliphatic heterocycles. The Morgan fingerprint density at radius 3 is 2.72 bits per heavy atom. The van der Waals surface area contributed by atoms with Gasteiger partial charge in [-0.15, -0.1) is 0 Å². The predicted octanol–water partition coefficient (Wildman–Crippen LogP) is 3.29. The molecule has 100 valence electrons. The molecule has 0 bridgehead atoms. The Balaban J connectivity index is 1.98. The fourth-order valence-corrected chi connectivity index (χ4v) is 2.69. The summed E-state index contributed by atoms with van der Waals surface area (Å²) in [5.74, 6) is 0.558. The summed E-state index contributed by atoms with van der Waals surface area (Å²) in [5.41, 5.74) is 1.34. The number of hydrogen-bond acceptors (Lipinski definition) is 2. The zero-order valence-electron chi connectivity index (χ0n) is 11.2. The Morgan fingerprint density at radius 1 is 1.33 bits per heavy atom. The van der Waals surface area contributed by atoms with Gasteiger partial charge in [0.15, 0.2) is 0 Å². The smallest absolute Gasteiger partial charge is 0.0512 e. The molecule has 0 aliphatic carbocycles. The van der Waals surface area contributed by atoms with Crippen LogP contribution < -0.4 is 5.32 Å². The third kappa shape index (κ3) is 3.98. The molecule has 1 aromatic rings. The summed E-state index contributed by atoms with van der Waals surface area (Å²) in [5, 5.41) is 4.46. The van der Waals surface area contributed by atoms with Gasteiger partial charge in [-0.05, 0) is 30.5 Å². The molecule has 0 aromatic heterocycles. The van der Waals surface area contributed by atoms with Crippen molar-refractivity contribution in [2.45, 2.75) is 38.8 Å².